The molecule has 0 atom stereocenters. The topological polar surface area (TPSA) is 43.6 Å². The number of benzene rings is 10. The monoisotopic (exact) mass is 776 g/mol. The molecule has 0 unspecified atom stereocenters. The third-order valence-corrected chi connectivity index (χ3v) is 12.0. The van der Waals surface area contributed by atoms with Crippen molar-refractivity contribution in [2.75, 3.05) is 0 Å². The molecule has 4 heteroatoms. The van der Waals surface area contributed by atoms with Crippen molar-refractivity contribution in [1.82, 2.24) is 19.5 Å². The van der Waals surface area contributed by atoms with Crippen molar-refractivity contribution >= 4 is 54.1 Å². The molecule has 2 aromatic heterocycles. The Bertz CT molecular complexity index is 3630. The molecule has 0 bridgehead atoms. The van der Waals surface area contributed by atoms with Crippen molar-refractivity contribution in [3.8, 4) is 62.1 Å². The van der Waals surface area contributed by atoms with E-state index in [2.05, 4.69) is 217 Å². The maximum atomic E-state index is 5.40. The van der Waals surface area contributed by atoms with E-state index >= 15 is 0 Å². The third-order valence-electron chi connectivity index (χ3n) is 12.0. The van der Waals surface area contributed by atoms with E-state index in [1.807, 2.05) is 6.07 Å². The number of fused-ring (bicyclic) bond motifs is 7. The number of para-hydroxylation sites is 2. The van der Waals surface area contributed by atoms with E-state index in [0.29, 0.717) is 17.5 Å². The molecule has 0 amide bonds. The molecule has 0 N–H and O–H groups in total. The van der Waals surface area contributed by atoms with E-state index in [1.165, 1.54) is 43.5 Å². The van der Waals surface area contributed by atoms with Gasteiger partial charge in [-0.15, -0.1) is 0 Å². The van der Waals surface area contributed by atoms with Crippen LogP contribution in [-0.2, 0) is 0 Å². The lowest BCUT2D eigenvalue weighted by molar-refractivity contribution is 1.08. The van der Waals surface area contributed by atoms with Crippen LogP contribution in [0.3, 0.4) is 0 Å². The first-order valence-corrected chi connectivity index (χ1v) is 20.7. The van der Waals surface area contributed by atoms with Crippen molar-refractivity contribution < 1.29 is 0 Å². The summed E-state index contributed by atoms with van der Waals surface area (Å²) in [6.45, 7) is 0. The Kier molecular flexibility index (Phi) is 8.13. The number of hydrogen-bond acceptors (Lipinski definition) is 3. The van der Waals surface area contributed by atoms with Crippen molar-refractivity contribution in [3.05, 3.63) is 218 Å². The van der Waals surface area contributed by atoms with Gasteiger partial charge in [-0.3, -0.25) is 0 Å². The van der Waals surface area contributed by atoms with Gasteiger partial charge in [0.25, 0.3) is 0 Å². The Morgan fingerprint density at radius 1 is 0.295 bits per heavy atom. The zero-order valence-corrected chi connectivity index (χ0v) is 33.1. The largest absolute Gasteiger partial charge is 0.309 e. The smallest absolute Gasteiger partial charge is 0.165 e. The molecule has 284 valence electrons. The van der Waals surface area contributed by atoms with Crippen LogP contribution in [0.4, 0.5) is 0 Å². The summed E-state index contributed by atoms with van der Waals surface area (Å²) in [6.07, 6.45) is 0. The van der Waals surface area contributed by atoms with Gasteiger partial charge in [0.15, 0.2) is 17.5 Å². The van der Waals surface area contributed by atoms with Crippen LogP contribution in [0.2, 0.25) is 0 Å². The average Bonchev–Trinajstić information content (AvgIpc) is 3.68. The molecule has 0 saturated carbocycles. The van der Waals surface area contributed by atoms with Crippen LogP contribution in [0, 0.1) is 0 Å². The molecule has 0 fully saturated rings. The second-order valence-corrected chi connectivity index (χ2v) is 15.5. The number of rotatable bonds is 6. The predicted molar refractivity (Wildman–Crippen MR) is 254 cm³/mol. The lowest BCUT2D eigenvalue weighted by Crippen LogP contribution is -2.02. The average molecular weight is 777 g/mol. The maximum Gasteiger partial charge on any atom is 0.165 e. The van der Waals surface area contributed by atoms with Crippen LogP contribution in [0.15, 0.2) is 218 Å². The van der Waals surface area contributed by atoms with Crippen LogP contribution in [0.5, 0.6) is 0 Å². The summed E-state index contributed by atoms with van der Waals surface area (Å²) in [4.78, 5) is 16.1. The van der Waals surface area contributed by atoms with Crippen LogP contribution < -0.4 is 0 Å². The van der Waals surface area contributed by atoms with Crippen LogP contribution >= 0.6 is 0 Å². The van der Waals surface area contributed by atoms with Crippen molar-refractivity contribution in [1.29, 1.82) is 0 Å². The number of nitrogens with zero attached hydrogens (tertiary/aromatic N) is 4. The quantitative estimate of drug-likeness (QED) is 0.125. The lowest BCUT2D eigenvalue weighted by atomic mass is 9.93. The molecule has 61 heavy (non-hydrogen) atoms. The van der Waals surface area contributed by atoms with Crippen LogP contribution in [0.25, 0.3) is 116 Å². The Morgan fingerprint density at radius 2 is 0.869 bits per heavy atom. The number of hydrogen-bond donors (Lipinski definition) is 0. The molecule has 0 saturated heterocycles. The van der Waals surface area contributed by atoms with E-state index in [4.69, 9.17) is 15.0 Å². The summed E-state index contributed by atoms with van der Waals surface area (Å²) in [5.74, 6) is 1.89. The highest BCUT2D eigenvalue weighted by Gasteiger charge is 2.21. The summed E-state index contributed by atoms with van der Waals surface area (Å²) < 4.78 is 2.36. The molecule has 0 spiro atoms. The SMILES string of the molecule is c1ccc(-c2ccccc2-c2nc(-c3ccc(-c4cccc5c4c4ccccc4n5-c4ccccc4)cc3)nc(-c3c4ccccc4cc4c3ccc3ccccc34)n2)cc1. The van der Waals surface area contributed by atoms with Crippen molar-refractivity contribution in [2.45, 2.75) is 0 Å². The number of aromatic nitrogens is 4. The highest BCUT2D eigenvalue weighted by atomic mass is 15.0. The summed E-state index contributed by atoms with van der Waals surface area (Å²) in [5, 5.41) is 9.37. The molecule has 12 rings (SSSR count). The van der Waals surface area contributed by atoms with Gasteiger partial charge in [0.2, 0.25) is 0 Å². The molecule has 0 aliphatic rings. The van der Waals surface area contributed by atoms with Crippen molar-refractivity contribution in [2.24, 2.45) is 0 Å². The van der Waals surface area contributed by atoms with Gasteiger partial charge in [-0.25, -0.2) is 15.0 Å². The molecule has 2 heterocycles. The first kappa shape index (κ1) is 34.8. The zero-order chi connectivity index (χ0) is 40.3. The van der Waals surface area contributed by atoms with Gasteiger partial charge < -0.3 is 4.57 Å². The van der Waals surface area contributed by atoms with Gasteiger partial charge in [0.1, 0.15) is 0 Å². The molecule has 0 aliphatic carbocycles. The Labute approximate surface area is 352 Å². The summed E-state index contributed by atoms with van der Waals surface area (Å²) in [5.41, 5.74) is 10.8. The second-order valence-electron chi connectivity index (χ2n) is 15.5. The molecule has 4 nitrogen and oxygen atoms in total. The minimum Gasteiger partial charge on any atom is -0.309 e. The second kappa shape index (κ2) is 14.3. The molecule has 0 radical (unpaired) electrons. The lowest BCUT2D eigenvalue weighted by Gasteiger charge is -2.15. The molecule has 10 aromatic carbocycles. The molecule has 0 aliphatic heterocycles. The fraction of sp³-hybridized carbons (Fsp3) is 0. The fourth-order valence-electron chi connectivity index (χ4n) is 9.26. The van der Waals surface area contributed by atoms with Gasteiger partial charge in [-0.2, -0.15) is 0 Å². The van der Waals surface area contributed by atoms with E-state index < -0.39 is 0 Å². The van der Waals surface area contributed by atoms with E-state index in [9.17, 15) is 0 Å². The van der Waals surface area contributed by atoms with Crippen LogP contribution in [-0.4, -0.2) is 19.5 Å². The van der Waals surface area contributed by atoms with Crippen LogP contribution in [0.1, 0.15) is 0 Å². The highest BCUT2D eigenvalue weighted by Crippen LogP contribution is 2.42. The van der Waals surface area contributed by atoms with Gasteiger partial charge in [-0.05, 0) is 84.9 Å². The van der Waals surface area contributed by atoms with Gasteiger partial charge in [-0.1, -0.05) is 188 Å². The van der Waals surface area contributed by atoms with Gasteiger partial charge in [0.05, 0.1) is 11.0 Å². The summed E-state index contributed by atoms with van der Waals surface area (Å²) >= 11 is 0. The Balaban J connectivity index is 1.07. The van der Waals surface area contributed by atoms with Gasteiger partial charge >= 0.3 is 0 Å². The fourth-order valence-corrected chi connectivity index (χ4v) is 9.26. The van der Waals surface area contributed by atoms with Crippen molar-refractivity contribution in [3.63, 3.8) is 0 Å². The first-order valence-electron chi connectivity index (χ1n) is 20.7. The molecular formula is C57H36N4. The van der Waals surface area contributed by atoms with E-state index in [-0.39, 0.29) is 0 Å². The molecule has 12 aromatic rings. The maximum absolute atomic E-state index is 5.40. The highest BCUT2D eigenvalue weighted by molar-refractivity contribution is 6.20. The molecular weight excluding hydrogens is 741 g/mol. The predicted octanol–water partition coefficient (Wildman–Crippen LogP) is 14.8. The first-order chi connectivity index (χ1) is 30.3. The summed E-state index contributed by atoms with van der Waals surface area (Å²) in [6, 6.07) is 77.4. The van der Waals surface area contributed by atoms with E-state index in [1.54, 1.807) is 0 Å². The van der Waals surface area contributed by atoms with E-state index in [0.717, 1.165) is 55.2 Å². The van der Waals surface area contributed by atoms with Gasteiger partial charge in [0, 0.05) is 33.2 Å². The Morgan fingerprint density at radius 3 is 1.69 bits per heavy atom. The zero-order valence-electron chi connectivity index (χ0n) is 33.1. The third kappa shape index (κ3) is 5.80. The standard InChI is InChI=1S/C57H36N4/c1-3-16-37(17-4-1)43-22-11-12-25-48(43)56-58-55(59-57(60-56)54-46-24-10-8-19-41(46)36-50-44-23-9-7-18-38(44)34-35-47(50)54)40-32-30-39(31-33-40)45-27-15-29-52-53(45)49-26-13-14-28-51(49)61(52)42-20-5-2-6-21-42/h1-36H. The minimum absolute atomic E-state index is 0.621. The minimum atomic E-state index is 0.621. The Hall–Kier alpha value is -8.21. The normalized spacial score (nSPS) is 11.6. The summed E-state index contributed by atoms with van der Waals surface area (Å²) in [7, 11) is 0.